The van der Waals surface area contributed by atoms with Crippen molar-refractivity contribution in [3.63, 3.8) is 0 Å². The molecule has 0 aliphatic rings. The molecule has 2 atom stereocenters. The zero-order valence-corrected chi connectivity index (χ0v) is 18.0. The summed E-state index contributed by atoms with van der Waals surface area (Å²) in [6.07, 6.45) is 3.31. The van der Waals surface area contributed by atoms with Gasteiger partial charge in [0, 0.05) is 27.9 Å². The van der Waals surface area contributed by atoms with Crippen molar-refractivity contribution < 1.29 is 9.72 Å². The number of carbonyl (C=O) groups is 1. The Labute approximate surface area is 190 Å². The van der Waals surface area contributed by atoms with Crippen molar-refractivity contribution in [1.29, 1.82) is 0 Å². The van der Waals surface area contributed by atoms with Crippen LogP contribution in [-0.2, 0) is 0 Å². The Balaban J connectivity index is 1.78. The monoisotopic (exact) mass is 443 g/mol. The lowest BCUT2D eigenvalue weighted by molar-refractivity contribution is -0.483. The lowest BCUT2D eigenvalue weighted by Gasteiger charge is -2.23. The highest BCUT2D eigenvalue weighted by molar-refractivity contribution is 8.00. The summed E-state index contributed by atoms with van der Waals surface area (Å²) < 4.78 is 1.73. The third kappa shape index (κ3) is 4.95. The van der Waals surface area contributed by atoms with E-state index in [-0.39, 0.29) is 23.1 Å². The molecular formula is C25H21N3O3S. The smallest absolute Gasteiger partial charge is 0.212 e. The molecule has 1 heterocycles. The number of para-hydroxylation sites is 1. The number of aromatic nitrogens is 2. The van der Waals surface area contributed by atoms with Crippen LogP contribution < -0.4 is 0 Å². The van der Waals surface area contributed by atoms with Gasteiger partial charge < -0.3 is 0 Å². The van der Waals surface area contributed by atoms with Gasteiger partial charge in [-0.3, -0.25) is 19.5 Å². The molecule has 32 heavy (non-hydrogen) atoms. The first kappa shape index (κ1) is 21.5. The number of imidazole rings is 1. The maximum absolute atomic E-state index is 13.9. The first-order valence-corrected chi connectivity index (χ1v) is 11.0. The van der Waals surface area contributed by atoms with Crippen molar-refractivity contribution in [3.05, 3.63) is 125 Å². The number of nitro groups is 1. The zero-order valence-electron chi connectivity index (χ0n) is 17.2. The summed E-state index contributed by atoms with van der Waals surface area (Å²) in [5.74, 6) is -0.609. The summed E-state index contributed by atoms with van der Waals surface area (Å²) >= 11 is 1.34. The fourth-order valence-corrected chi connectivity index (χ4v) is 4.84. The van der Waals surface area contributed by atoms with Gasteiger partial charge in [0.25, 0.3) is 0 Å². The summed E-state index contributed by atoms with van der Waals surface area (Å²) in [5, 5.41) is 10.9. The van der Waals surface area contributed by atoms with Crippen LogP contribution in [0.4, 0.5) is 0 Å². The second-order valence-corrected chi connectivity index (χ2v) is 8.42. The standard InChI is InChI=1S/C25H21N3O3S/c29-23(25-26-16-17-27(25)20-12-6-2-7-13-20)24(32-21-14-8-3-9-15-21)22(18-28(30)31)19-10-4-1-5-11-19/h1-17,22,24H,18H2/t22-,24+/m1/s1. The van der Waals surface area contributed by atoms with Gasteiger partial charge in [0.15, 0.2) is 5.82 Å². The number of hydrogen-bond acceptors (Lipinski definition) is 5. The Morgan fingerprint density at radius 2 is 1.53 bits per heavy atom. The first-order valence-electron chi connectivity index (χ1n) is 10.1. The van der Waals surface area contributed by atoms with E-state index >= 15 is 0 Å². The third-order valence-corrected chi connectivity index (χ3v) is 6.44. The van der Waals surface area contributed by atoms with Crippen LogP contribution in [0.1, 0.15) is 22.1 Å². The molecule has 160 valence electrons. The number of nitrogens with zero attached hydrogens (tertiary/aromatic N) is 3. The molecule has 3 aromatic carbocycles. The van der Waals surface area contributed by atoms with Crippen LogP contribution in [0.5, 0.6) is 0 Å². The van der Waals surface area contributed by atoms with Gasteiger partial charge in [0.2, 0.25) is 12.3 Å². The largest absolute Gasteiger partial charge is 0.297 e. The topological polar surface area (TPSA) is 78.0 Å². The summed E-state index contributed by atoms with van der Waals surface area (Å²) in [6.45, 7) is -0.355. The van der Waals surface area contributed by atoms with Crippen molar-refractivity contribution in [3.8, 4) is 5.69 Å². The summed E-state index contributed by atoms with van der Waals surface area (Å²) in [6, 6.07) is 28.2. The van der Waals surface area contributed by atoms with Crippen LogP contribution >= 0.6 is 11.8 Å². The van der Waals surface area contributed by atoms with Gasteiger partial charge in [-0.25, -0.2) is 4.98 Å². The number of thioether (sulfide) groups is 1. The van der Waals surface area contributed by atoms with E-state index in [0.29, 0.717) is 0 Å². The molecule has 0 unspecified atom stereocenters. The number of hydrogen-bond donors (Lipinski definition) is 0. The van der Waals surface area contributed by atoms with E-state index in [0.717, 1.165) is 16.1 Å². The summed E-state index contributed by atoms with van der Waals surface area (Å²) in [5.41, 5.74) is 1.56. The van der Waals surface area contributed by atoms with Crippen LogP contribution in [-0.4, -0.2) is 32.1 Å². The summed E-state index contributed by atoms with van der Waals surface area (Å²) in [7, 11) is 0. The number of benzene rings is 3. The molecule has 0 N–H and O–H groups in total. The van der Waals surface area contributed by atoms with Crippen molar-refractivity contribution in [2.45, 2.75) is 16.1 Å². The first-order chi connectivity index (χ1) is 15.6. The predicted molar refractivity (Wildman–Crippen MR) is 125 cm³/mol. The van der Waals surface area contributed by atoms with Gasteiger partial charge in [0.05, 0.1) is 11.2 Å². The van der Waals surface area contributed by atoms with Crippen molar-refractivity contribution >= 4 is 17.5 Å². The lowest BCUT2D eigenvalue weighted by atomic mass is 9.93. The third-order valence-electron chi connectivity index (χ3n) is 5.10. The normalized spacial score (nSPS) is 12.8. The molecule has 0 bridgehead atoms. The number of ketones is 1. The van der Waals surface area contributed by atoms with Gasteiger partial charge >= 0.3 is 0 Å². The molecule has 0 fully saturated rings. The molecular weight excluding hydrogens is 422 g/mol. The quantitative estimate of drug-likeness (QED) is 0.152. The van der Waals surface area contributed by atoms with E-state index in [1.54, 1.807) is 17.0 Å². The number of Topliss-reactive ketones (excluding diaryl/α,β-unsaturated/α-hetero) is 1. The Kier molecular flexibility index (Phi) is 6.77. The van der Waals surface area contributed by atoms with Gasteiger partial charge in [-0.2, -0.15) is 0 Å². The van der Waals surface area contributed by atoms with Crippen LogP contribution in [0.15, 0.2) is 108 Å². The van der Waals surface area contributed by atoms with E-state index in [1.165, 1.54) is 11.8 Å². The van der Waals surface area contributed by atoms with Gasteiger partial charge in [-0.1, -0.05) is 66.7 Å². The van der Waals surface area contributed by atoms with Gasteiger partial charge in [-0.05, 0) is 29.8 Å². The van der Waals surface area contributed by atoms with E-state index in [4.69, 9.17) is 0 Å². The fraction of sp³-hybridized carbons (Fsp3) is 0.120. The Morgan fingerprint density at radius 1 is 0.938 bits per heavy atom. The highest BCUT2D eigenvalue weighted by Gasteiger charge is 2.36. The molecule has 1 aromatic heterocycles. The summed E-state index contributed by atoms with van der Waals surface area (Å²) in [4.78, 5) is 30.3. The molecule has 0 aliphatic carbocycles. The lowest BCUT2D eigenvalue weighted by Crippen LogP contribution is -2.32. The highest BCUT2D eigenvalue weighted by Crippen LogP contribution is 2.36. The minimum absolute atomic E-state index is 0.247. The van der Waals surface area contributed by atoms with Crippen LogP contribution in [0.3, 0.4) is 0 Å². The SMILES string of the molecule is O=C(c1nccn1-c1ccccc1)[C@@H](Sc1ccccc1)[C@H](C[N+](=O)[O-])c1ccccc1. The van der Waals surface area contributed by atoms with E-state index in [2.05, 4.69) is 4.98 Å². The maximum Gasteiger partial charge on any atom is 0.212 e. The molecule has 7 heteroatoms. The van der Waals surface area contributed by atoms with Crippen LogP contribution in [0, 0.1) is 10.1 Å². The molecule has 4 rings (SSSR count). The Bertz CT molecular complexity index is 1180. The van der Waals surface area contributed by atoms with Crippen LogP contribution in [0.2, 0.25) is 0 Å². The van der Waals surface area contributed by atoms with E-state index < -0.39 is 11.2 Å². The molecule has 0 saturated heterocycles. The zero-order chi connectivity index (χ0) is 22.3. The van der Waals surface area contributed by atoms with Gasteiger partial charge in [0.1, 0.15) is 0 Å². The molecule has 0 spiro atoms. The average Bonchev–Trinajstić information content (AvgIpc) is 3.32. The Morgan fingerprint density at radius 3 is 2.16 bits per heavy atom. The Hall–Kier alpha value is -3.71. The van der Waals surface area contributed by atoms with E-state index in [1.807, 2.05) is 91.0 Å². The average molecular weight is 444 g/mol. The van der Waals surface area contributed by atoms with Crippen LogP contribution in [0.25, 0.3) is 5.69 Å². The highest BCUT2D eigenvalue weighted by atomic mass is 32.2. The van der Waals surface area contributed by atoms with Crippen molar-refractivity contribution in [2.75, 3.05) is 6.54 Å². The molecule has 0 aliphatic heterocycles. The van der Waals surface area contributed by atoms with Gasteiger partial charge in [-0.15, -0.1) is 11.8 Å². The molecule has 6 nitrogen and oxygen atoms in total. The fourth-order valence-electron chi connectivity index (χ4n) is 3.61. The number of rotatable bonds is 9. The maximum atomic E-state index is 13.9. The number of carbonyl (C=O) groups excluding carboxylic acids is 1. The predicted octanol–water partition coefficient (Wildman–Crippen LogP) is 5.28. The van der Waals surface area contributed by atoms with Crippen molar-refractivity contribution in [2.24, 2.45) is 0 Å². The van der Waals surface area contributed by atoms with Crippen molar-refractivity contribution in [1.82, 2.24) is 9.55 Å². The minimum Gasteiger partial charge on any atom is -0.297 e. The second-order valence-electron chi connectivity index (χ2n) is 7.20. The van der Waals surface area contributed by atoms with E-state index in [9.17, 15) is 14.9 Å². The molecule has 0 radical (unpaired) electrons. The second kappa shape index (κ2) is 10.1. The molecule has 0 saturated carbocycles. The minimum atomic E-state index is -0.727. The molecule has 4 aromatic rings. The molecule has 0 amide bonds.